The molecule has 1 aliphatic rings. The third-order valence-corrected chi connectivity index (χ3v) is 3.79. The lowest BCUT2D eigenvalue weighted by Crippen LogP contribution is -2.47. The van der Waals surface area contributed by atoms with Crippen molar-refractivity contribution in [2.75, 3.05) is 26.3 Å². The number of fused-ring (bicyclic) bond motifs is 1. The molecule has 1 aromatic carbocycles. The fraction of sp³-hybridized carbons (Fsp3) is 0.600. The van der Waals surface area contributed by atoms with Crippen LogP contribution in [0.2, 0.25) is 0 Å². The lowest BCUT2D eigenvalue weighted by molar-refractivity contribution is -0.000677. The summed E-state index contributed by atoms with van der Waals surface area (Å²) in [6.45, 7) is 7.95. The van der Waals surface area contributed by atoms with Crippen molar-refractivity contribution in [1.82, 2.24) is 4.90 Å². The minimum atomic E-state index is -0.561. The van der Waals surface area contributed by atoms with E-state index in [1.54, 1.807) is 0 Å². The van der Waals surface area contributed by atoms with E-state index < -0.39 is 6.10 Å². The molecular formula is C15H23NO3. The zero-order valence-electron chi connectivity index (χ0n) is 11.9. The van der Waals surface area contributed by atoms with Crippen LogP contribution in [0.1, 0.15) is 29.7 Å². The molecule has 2 rings (SSSR count). The van der Waals surface area contributed by atoms with E-state index in [2.05, 4.69) is 11.0 Å². The molecule has 0 aromatic heterocycles. The predicted octanol–water partition coefficient (Wildman–Crippen LogP) is 1.41. The Hall–Kier alpha value is -1.10. The van der Waals surface area contributed by atoms with Gasteiger partial charge in [0.1, 0.15) is 18.5 Å². The Morgan fingerprint density at radius 3 is 2.74 bits per heavy atom. The highest BCUT2D eigenvalue weighted by atomic mass is 16.5. The number of aliphatic hydroxyl groups is 2. The van der Waals surface area contributed by atoms with Gasteiger partial charge in [0.05, 0.1) is 12.6 Å². The zero-order valence-corrected chi connectivity index (χ0v) is 11.9. The summed E-state index contributed by atoms with van der Waals surface area (Å²) in [5.41, 5.74) is 3.06. The molecule has 0 aliphatic carbocycles. The van der Waals surface area contributed by atoms with Crippen molar-refractivity contribution in [2.24, 2.45) is 0 Å². The highest BCUT2D eigenvalue weighted by molar-refractivity contribution is 5.46. The van der Waals surface area contributed by atoms with Crippen LogP contribution in [0.15, 0.2) is 12.1 Å². The molecule has 0 amide bonds. The van der Waals surface area contributed by atoms with Crippen LogP contribution in [0.5, 0.6) is 5.75 Å². The first-order chi connectivity index (χ1) is 9.08. The van der Waals surface area contributed by atoms with E-state index >= 15 is 0 Å². The number of hydrogen-bond donors (Lipinski definition) is 2. The van der Waals surface area contributed by atoms with E-state index in [9.17, 15) is 5.11 Å². The Bertz CT molecular complexity index is 447. The van der Waals surface area contributed by atoms with Crippen LogP contribution in [0, 0.1) is 13.8 Å². The smallest absolute Gasteiger partial charge is 0.128 e. The molecule has 19 heavy (non-hydrogen) atoms. The topological polar surface area (TPSA) is 52.9 Å². The van der Waals surface area contributed by atoms with E-state index in [0.717, 1.165) is 29.0 Å². The van der Waals surface area contributed by atoms with Crippen molar-refractivity contribution in [3.05, 3.63) is 28.8 Å². The van der Waals surface area contributed by atoms with Crippen molar-refractivity contribution in [3.63, 3.8) is 0 Å². The number of aryl methyl sites for hydroxylation is 2. The molecule has 0 fully saturated rings. The quantitative estimate of drug-likeness (QED) is 0.864. The Kier molecular flexibility index (Phi) is 4.45. The molecular weight excluding hydrogens is 242 g/mol. The van der Waals surface area contributed by atoms with E-state index in [-0.39, 0.29) is 12.6 Å². The lowest BCUT2D eigenvalue weighted by Gasteiger charge is -2.38. The molecule has 0 saturated heterocycles. The maximum absolute atomic E-state index is 10.6. The van der Waals surface area contributed by atoms with Gasteiger partial charge in [-0.3, -0.25) is 4.90 Å². The highest BCUT2D eigenvalue weighted by Gasteiger charge is 2.33. The van der Waals surface area contributed by atoms with Gasteiger partial charge in [-0.15, -0.1) is 0 Å². The van der Waals surface area contributed by atoms with Crippen molar-refractivity contribution >= 4 is 0 Å². The average molecular weight is 265 g/mol. The summed E-state index contributed by atoms with van der Waals surface area (Å²) >= 11 is 0. The van der Waals surface area contributed by atoms with Gasteiger partial charge in [-0.25, -0.2) is 0 Å². The Morgan fingerprint density at radius 2 is 2.11 bits per heavy atom. The normalized spacial score (nSPS) is 22.2. The van der Waals surface area contributed by atoms with Crippen LogP contribution in [0.4, 0.5) is 0 Å². The molecule has 0 bridgehead atoms. The van der Waals surface area contributed by atoms with E-state index in [1.165, 1.54) is 0 Å². The molecule has 1 aliphatic heterocycles. The molecule has 2 N–H and O–H groups in total. The number of nitrogens with zero attached hydrogens (tertiary/aromatic N) is 1. The minimum absolute atomic E-state index is 0.0918. The summed E-state index contributed by atoms with van der Waals surface area (Å²) in [5, 5.41) is 19.7. The Morgan fingerprint density at radius 1 is 1.37 bits per heavy atom. The number of aliphatic hydroxyl groups excluding tert-OH is 2. The van der Waals surface area contributed by atoms with E-state index in [4.69, 9.17) is 9.84 Å². The third kappa shape index (κ3) is 2.76. The number of hydrogen-bond acceptors (Lipinski definition) is 4. The SMILES string of the molecule is CCN(CCO)C1COc2c(C)cc(C)cc2C1O. The van der Waals surface area contributed by atoms with Gasteiger partial charge in [0.2, 0.25) is 0 Å². The Labute approximate surface area is 114 Å². The van der Waals surface area contributed by atoms with Crippen molar-refractivity contribution in [3.8, 4) is 5.75 Å². The molecule has 0 radical (unpaired) electrons. The molecule has 1 aromatic rings. The molecule has 0 spiro atoms. The fourth-order valence-electron chi connectivity index (χ4n) is 2.86. The van der Waals surface area contributed by atoms with Crippen LogP contribution in [0.25, 0.3) is 0 Å². The second-order valence-electron chi connectivity index (χ2n) is 5.18. The standard InChI is InChI=1S/C15H23NO3/c1-4-16(5-6-17)13-9-19-15-11(3)7-10(2)8-12(15)14(13)18/h7-8,13-14,17-18H,4-6,9H2,1-3H3. The van der Waals surface area contributed by atoms with Gasteiger partial charge in [0.15, 0.2) is 0 Å². The van der Waals surface area contributed by atoms with Gasteiger partial charge in [-0.2, -0.15) is 0 Å². The predicted molar refractivity (Wildman–Crippen MR) is 74.5 cm³/mol. The van der Waals surface area contributed by atoms with Gasteiger partial charge in [-0.05, 0) is 32.0 Å². The summed E-state index contributed by atoms with van der Waals surface area (Å²) in [5.74, 6) is 0.814. The summed E-state index contributed by atoms with van der Waals surface area (Å²) < 4.78 is 5.84. The Balaban J connectivity index is 2.30. The summed E-state index contributed by atoms with van der Waals surface area (Å²) in [4.78, 5) is 2.06. The second kappa shape index (κ2) is 5.90. The molecule has 1 heterocycles. The number of ether oxygens (including phenoxy) is 1. The van der Waals surface area contributed by atoms with Gasteiger partial charge in [0.25, 0.3) is 0 Å². The molecule has 4 nitrogen and oxygen atoms in total. The summed E-state index contributed by atoms with van der Waals surface area (Å²) in [7, 11) is 0. The summed E-state index contributed by atoms with van der Waals surface area (Å²) in [6, 6.07) is 3.97. The number of likely N-dealkylation sites (N-methyl/N-ethyl adjacent to an activating group) is 1. The molecule has 2 unspecified atom stereocenters. The van der Waals surface area contributed by atoms with Gasteiger partial charge >= 0.3 is 0 Å². The maximum atomic E-state index is 10.6. The van der Waals surface area contributed by atoms with Gasteiger partial charge in [-0.1, -0.05) is 18.6 Å². The van der Waals surface area contributed by atoms with Crippen molar-refractivity contribution in [1.29, 1.82) is 0 Å². The number of benzene rings is 1. The van der Waals surface area contributed by atoms with Crippen molar-refractivity contribution in [2.45, 2.75) is 32.9 Å². The second-order valence-corrected chi connectivity index (χ2v) is 5.18. The average Bonchev–Trinajstić information content (AvgIpc) is 2.38. The first kappa shape index (κ1) is 14.3. The van der Waals surface area contributed by atoms with E-state index in [1.807, 2.05) is 26.8 Å². The monoisotopic (exact) mass is 265 g/mol. The van der Waals surface area contributed by atoms with Crippen molar-refractivity contribution < 1.29 is 14.9 Å². The van der Waals surface area contributed by atoms with Crippen LogP contribution in [0.3, 0.4) is 0 Å². The van der Waals surface area contributed by atoms with Crippen LogP contribution in [-0.4, -0.2) is 47.5 Å². The van der Waals surface area contributed by atoms with Gasteiger partial charge in [0, 0.05) is 12.1 Å². The minimum Gasteiger partial charge on any atom is -0.491 e. The van der Waals surface area contributed by atoms with Crippen LogP contribution < -0.4 is 4.74 Å². The van der Waals surface area contributed by atoms with Gasteiger partial charge < -0.3 is 14.9 Å². The number of rotatable bonds is 4. The highest BCUT2D eigenvalue weighted by Crippen LogP contribution is 2.37. The molecule has 2 atom stereocenters. The molecule has 0 saturated carbocycles. The lowest BCUT2D eigenvalue weighted by atomic mass is 9.94. The fourth-order valence-corrected chi connectivity index (χ4v) is 2.86. The summed E-state index contributed by atoms with van der Waals surface area (Å²) in [6.07, 6.45) is -0.561. The third-order valence-electron chi connectivity index (χ3n) is 3.79. The largest absolute Gasteiger partial charge is 0.491 e. The van der Waals surface area contributed by atoms with E-state index in [0.29, 0.717) is 13.2 Å². The molecule has 106 valence electrons. The van der Waals surface area contributed by atoms with Crippen LogP contribution in [-0.2, 0) is 0 Å². The molecule has 4 heteroatoms. The first-order valence-corrected chi connectivity index (χ1v) is 6.85. The zero-order chi connectivity index (χ0) is 14.0. The maximum Gasteiger partial charge on any atom is 0.128 e. The first-order valence-electron chi connectivity index (χ1n) is 6.85. The van der Waals surface area contributed by atoms with Crippen LogP contribution >= 0.6 is 0 Å².